The van der Waals surface area contributed by atoms with E-state index >= 15 is 0 Å². The number of piperidine rings is 1. The van der Waals surface area contributed by atoms with E-state index in [4.69, 9.17) is 0 Å². The summed E-state index contributed by atoms with van der Waals surface area (Å²) in [4.78, 5) is 22.3. The maximum Gasteiger partial charge on any atom is 0.225 e. The number of carbonyl (C=O) groups is 1. The van der Waals surface area contributed by atoms with Gasteiger partial charge in [-0.15, -0.1) is 0 Å². The Morgan fingerprint density at radius 3 is 2.68 bits per heavy atom. The van der Waals surface area contributed by atoms with E-state index in [1.165, 1.54) is 24.0 Å². The first-order valence-corrected chi connectivity index (χ1v) is 11.7. The topological polar surface area (TPSA) is 36.4 Å². The molecule has 0 unspecified atom stereocenters. The second-order valence-electron chi connectivity index (χ2n) is 8.75. The Balaban J connectivity index is 1.35. The van der Waals surface area contributed by atoms with Crippen LogP contribution in [0.15, 0.2) is 41.4 Å². The predicted octanol–water partition coefficient (Wildman–Crippen LogP) is 4.15. The first-order valence-electron chi connectivity index (χ1n) is 10.7. The fraction of sp³-hybridized carbons (Fsp3) is 0.565. The quantitative estimate of drug-likeness (QED) is 0.780. The first kappa shape index (κ1) is 18.3. The molecule has 3 atom stereocenters. The SMILES string of the molecule is O=C(C1CCCC1)N1C[C@@H](c2ccsc2)[C@@H]2CN(Cc3ccncc3)CC[C@@H]21. The summed E-state index contributed by atoms with van der Waals surface area (Å²) >= 11 is 1.78. The van der Waals surface area contributed by atoms with Gasteiger partial charge in [-0.2, -0.15) is 11.3 Å². The van der Waals surface area contributed by atoms with Crippen LogP contribution in [0.1, 0.15) is 49.1 Å². The van der Waals surface area contributed by atoms with Gasteiger partial charge in [-0.3, -0.25) is 14.7 Å². The molecule has 2 aromatic rings. The van der Waals surface area contributed by atoms with Crippen LogP contribution in [0.5, 0.6) is 0 Å². The van der Waals surface area contributed by atoms with Crippen LogP contribution in [0.3, 0.4) is 0 Å². The molecule has 2 aromatic heterocycles. The van der Waals surface area contributed by atoms with Gasteiger partial charge in [0.15, 0.2) is 0 Å². The molecule has 2 aliphatic heterocycles. The monoisotopic (exact) mass is 395 g/mol. The smallest absolute Gasteiger partial charge is 0.225 e. The Labute approximate surface area is 171 Å². The lowest BCUT2D eigenvalue weighted by Crippen LogP contribution is -2.48. The number of aromatic nitrogens is 1. The zero-order valence-corrected chi connectivity index (χ0v) is 17.2. The minimum atomic E-state index is 0.289. The lowest BCUT2D eigenvalue weighted by Gasteiger charge is -2.39. The molecular formula is C23H29N3OS. The van der Waals surface area contributed by atoms with Gasteiger partial charge in [0.2, 0.25) is 5.91 Å². The van der Waals surface area contributed by atoms with Crippen LogP contribution in [0.2, 0.25) is 0 Å². The van der Waals surface area contributed by atoms with Crippen molar-refractivity contribution in [3.05, 3.63) is 52.5 Å². The van der Waals surface area contributed by atoms with Crippen LogP contribution in [0, 0.1) is 11.8 Å². The average molecular weight is 396 g/mol. The highest BCUT2D eigenvalue weighted by Gasteiger charge is 2.48. The van der Waals surface area contributed by atoms with Crippen molar-refractivity contribution >= 4 is 17.2 Å². The molecule has 4 heterocycles. The zero-order valence-electron chi connectivity index (χ0n) is 16.4. The zero-order chi connectivity index (χ0) is 18.9. The van der Waals surface area contributed by atoms with E-state index in [1.54, 1.807) is 11.3 Å². The summed E-state index contributed by atoms with van der Waals surface area (Å²) < 4.78 is 0. The number of pyridine rings is 1. The maximum atomic E-state index is 13.3. The van der Waals surface area contributed by atoms with Crippen molar-refractivity contribution in [1.82, 2.24) is 14.8 Å². The van der Waals surface area contributed by atoms with E-state index < -0.39 is 0 Å². The van der Waals surface area contributed by atoms with Gasteiger partial charge in [0, 0.05) is 62.4 Å². The van der Waals surface area contributed by atoms with Crippen LogP contribution < -0.4 is 0 Å². The van der Waals surface area contributed by atoms with E-state index in [0.717, 1.165) is 45.4 Å². The van der Waals surface area contributed by atoms with Gasteiger partial charge in [0.1, 0.15) is 0 Å². The molecule has 1 amide bonds. The number of nitrogens with zero attached hydrogens (tertiary/aromatic N) is 3. The highest BCUT2D eigenvalue weighted by molar-refractivity contribution is 7.08. The average Bonchev–Trinajstić information content (AvgIpc) is 3.48. The van der Waals surface area contributed by atoms with Crippen molar-refractivity contribution in [3.8, 4) is 0 Å². The Bertz CT molecular complexity index is 787. The Morgan fingerprint density at radius 2 is 1.93 bits per heavy atom. The molecule has 1 aliphatic carbocycles. The summed E-state index contributed by atoms with van der Waals surface area (Å²) in [6.07, 6.45) is 9.53. The van der Waals surface area contributed by atoms with Gasteiger partial charge < -0.3 is 4.90 Å². The van der Waals surface area contributed by atoms with Crippen LogP contribution in [0.25, 0.3) is 0 Å². The lowest BCUT2D eigenvalue weighted by molar-refractivity contribution is -0.137. The number of thiophene rings is 1. The standard InChI is InChI=1S/C23H29N3OS/c27-23(18-3-1-2-4-18)26-15-20(19-8-12-28-16-19)21-14-25(11-7-22(21)26)13-17-5-9-24-10-6-17/h5-6,8-10,12,16,18,20-22H,1-4,7,11,13-15H2/t20-,21-,22-/m0/s1. The molecule has 3 aliphatic rings. The molecule has 0 N–H and O–H groups in total. The summed E-state index contributed by atoms with van der Waals surface area (Å²) in [6, 6.07) is 6.93. The largest absolute Gasteiger partial charge is 0.338 e. The maximum absolute atomic E-state index is 13.3. The molecule has 3 fully saturated rings. The fourth-order valence-electron chi connectivity index (χ4n) is 5.69. The molecular weight excluding hydrogens is 366 g/mol. The van der Waals surface area contributed by atoms with Gasteiger partial charge in [-0.1, -0.05) is 12.8 Å². The van der Waals surface area contributed by atoms with Gasteiger partial charge in [0.05, 0.1) is 0 Å². The van der Waals surface area contributed by atoms with Gasteiger partial charge >= 0.3 is 0 Å². The van der Waals surface area contributed by atoms with E-state index in [-0.39, 0.29) is 5.92 Å². The lowest BCUT2D eigenvalue weighted by atomic mass is 9.82. The highest BCUT2D eigenvalue weighted by atomic mass is 32.1. The van der Waals surface area contributed by atoms with E-state index in [0.29, 0.717) is 23.8 Å². The third-order valence-corrected chi connectivity index (χ3v) is 7.83. The van der Waals surface area contributed by atoms with Crippen molar-refractivity contribution in [2.45, 2.75) is 50.6 Å². The van der Waals surface area contributed by atoms with Crippen molar-refractivity contribution in [2.24, 2.45) is 11.8 Å². The molecule has 0 aromatic carbocycles. The second kappa shape index (κ2) is 7.96. The minimum absolute atomic E-state index is 0.289. The van der Waals surface area contributed by atoms with Gasteiger partial charge in [-0.05, 0) is 59.3 Å². The summed E-state index contributed by atoms with van der Waals surface area (Å²) in [5.74, 6) is 1.78. The predicted molar refractivity (Wildman–Crippen MR) is 112 cm³/mol. The number of hydrogen-bond acceptors (Lipinski definition) is 4. The molecule has 4 nitrogen and oxygen atoms in total. The van der Waals surface area contributed by atoms with Crippen LogP contribution in [-0.2, 0) is 11.3 Å². The summed E-state index contributed by atoms with van der Waals surface area (Å²) in [7, 11) is 0. The summed E-state index contributed by atoms with van der Waals surface area (Å²) in [5.41, 5.74) is 2.77. The third-order valence-electron chi connectivity index (χ3n) is 7.13. The fourth-order valence-corrected chi connectivity index (χ4v) is 6.42. The van der Waals surface area contributed by atoms with E-state index in [2.05, 4.69) is 43.7 Å². The number of hydrogen-bond donors (Lipinski definition) is 0. The van der Waals surface area contributed by atoms with Crippen molar-refractivity contribution in [2.75, 3.05) is 19.6 Å². The molecule has 148 valence electrons. The summed E-state index contributed by atoms with van der Waals surface area (Å²) in [5, 5.41) is 4.48. The van der Waals surface area contributed by atoms with Crippen LogP contribution in [-0.4, -0.2) is 46.4 Å². The van der Waals surface area contributed by atoms with Crippen molar-refractivity contribution in [1.29, 1.82) is 0 Å². The summed E-state index contributed by atoms with van der Waals surface area (Å²) in [6.45, 7) is 4.07. The first-order chi connectivity index (χ1) is 13.8. The number of rotatable bonds is 4. The van der Waals surface area contributed by atoms with E-state index in [1.807, 2.05) is 12.4 Å². The van der Waals surface area contributed by atoms with Crippen LogP contribution >= 0.6 is 11.3 Å². The molecule has 0 bridgehead atoms. The van der Waals surface area contributed by atoms with Gasteiger partial charge in [-0.25, -0.2) is 0 Å². The normalized spacial score (nSPS) is 28.6. The highest BCUT2D eigenvalue weighted by Crippen LogP contribution is 2.43. The van der Waals surface area contributed by atoms with E-state index in [9.17, 15) is 4.79 Å². The Morgan fingerprint density at radius 1 is 1.11 bits per heavy atom. The third kappa shape index (κ3) is 3.50. The number of carbonyl (C=O) groups excluding carboxylic acids is 1. The molecule has 28 heavy (non-hydrogen) atoms. The molecule has 1 saturated carbocycles. The van der Waals surface area contributed by atoms with Gasteiger partial charge in [0.25, 0.3) is 0 Å². The molecule has 2 saturated heterocycles. The number of fused-ring (bicyclic) bond motifs is 1. The van der Waals surface area contributed by atoms with Crippen molar-refractivity contribution in [3.63, 3.8) is 0 Å². The molecule has 0 radical (unpaired) electrons. The molecule has 5 rings (SSSR count). The molecule has 5 heteroatoms. The molecule has 0 spiro atoms. The van der Waals surface area contributed by atoms with Crippen LogP contribution in [0.4, 0.5) is 0 Å². The minimum Gasteiger partial charge on any atom is -0.338 e. The second-order valence-corrected chi connectivity index (χ2v) is 9.53. The number of amides is 1. The Hall–Kier alpha value is -1.72. The van der Waals surface area contributed by atoms with Crippen molar-refractivity contribution < 1.29 is 4.79 Å². The Kier molecular flexibility index (Phi) is 5.20. The number of likely N-dealkylation sites (tertiary alicyclic amines) is 2.